The Balaban J connectivity index is 2.38. The second-order valence-corrected chi connectivity index (χ2v) is 5.90. The third-order valence-electron chi connectivity index (χ3n) is 3.45. The van der Waals surface area contributed by atoms with E-state index in [0.717, 1.165) is 0 Å². The average molecular weight is 381 g/mol. The molecule has 4 N–H and O–H groups in total. The van der Waals surface area contributed by atoms with Gasteiger partial charge in [0.15, 0.2) is 5.78 Å². The molecule has 2 aromatic rings. The van der Waals surface area contributed by atoms with Gasteiger partial charge in [0.05, 0.1) is 4.47 Å². The Kier molecular flexibility index (Phi) is 5.23. The van der Waals surface area contributed by atoms with Gasteiger partial charge in [-0.2, -0.15) is 0 Å². The highest BCUT2D eigenvalue weighted by Gasteiger charge is 2.23. The van der Waals surface area contributed by atoms with E-state index in [2.05, 4.69) is 20.9 Å². The van der Waals surface area contributed by atoms with Crippen molar-refractivity contribution < 1.29 is 19.4 Å². The van der Waals surface area contributed by atoms with Crippen LogP contribution in [0.4, 0.5) is 0 Å². The monoisotopic (exact) mass is 380 g/mol. The number of nitrogens with two attached hydrogens (primary N) is 1. The molecule has 0 amide bonds. The van der Waals surface area contributed by atoms with E-state index >= 15 is 0 Å². The third kappa shape index (κ3) is 3.46. The van der Waals surface area contributed by atoms with Crippen molar-refractivity contribution in [3.05, 3.63) is 50.8 Å². The predicted molar refractivity (Wildman–Crippen MR) is 89.3 cm³/mol. The van der Waals surface area contributed by atoms with Crippen molar-refractivity contribution in [2.45, 2.75) is 13.8 Å². The number of aromatic carboxylic acids is 1. The van der Waals surface area contributed by atoms with Crippen LogP contribution in [0.15, 0.2) is 22.7 Å². The van der Waals surface area contributed by atoms with Gasteiger partial charge in [-0.1, -0.05) is 0 Å². The molecule has 122 valence electrons. The molecule has 0 fully saturated rings. The smallest absolute Gasteiger partial charge is 0.352 e. The topological polar surface area (TPSA) is 105 Å². The van der Waals surface area contributed by atoms with Gasteiger partial charge in [-0.25, -0.2) is 4.79 Å². The molecule has 2 rings (SSSR count). The lowest BCUT2D eigenvalue weighted by molar-refractivity contribution is 0.0690. The number of benzene rings is 1. The molecule has 0 atom stereocenters. The summed E-state index contributed by atoms with van der Waals surface area (Å²) in [6.45, 7) is 4.07. The van der Waals surface area contributed by atoms with E-state index in [1.165, 1.54) is 0 Å². The Bertz CT molecular complexity index is 768. The molecular weight excluding hydrogens is 364 g/mol. The molecule has 0 aliphatic heterocycles. The Morgan fingerprint density at radius 3 is 2.57 bits per heavy atom. The summed E-state index contributed by atoms with van der Waals surface area (Å²) >= 11 is 3.36. The zero-order chi connectivity index (χ0) is 17.1. The van der Waals surface area contributed by atoms with E-state index in [1.54, 1.807) is 32.0 Å². The number of ketones is 1. The average Bonchev–Trinajstić information content (AvgIpc) is 2.80. The van der Waals surface area contributed by atoms with E-state index in [-0.39, 0.29) is 11.5 Å². The molecule has 0 radical (unpaired) electrons. The molecule has 7 heteroatoms. The number of hydrogen-bond donors (Lipinski definition) is 3. The lowest BCUT2D eigenvalue weighted by atomic mass is 9.99. The number of aryl methyl sites for hydroxylation is 1. The fourth-order valence-corrected chi connectivity index (χ4v) is 2.87. The van der Waals surface area contributed by atoms with Crippen LogP contribution in [-0.4, -0.2) is 35.0 Å². The van der Waals surface area contributed by atoms with Gasteiger partial charge in [0.1, 0.15) is 18.1 Å². The molecule has 0 saturated carbocycles. The van der Waals surface area contributed by atoms with Crippen LogP contribution in [0.5, 0.6) is 5.75 Å². The summed E-state index contributed by atoms with van der Waals surface area (Å²) in [5, 5.41) is 9.14. The molecule has 1 aromatic carbocycles. The number of carboxylic acids is 1. The summed E-state index contributed by atoms with van der Waals surface area (Å²) in [6, 6.07) is 4.98. The van der Waals surface area contributed by atoms with Gasteiger partial charge in [0, 0.05) is 23.4 Å². The third-order valence-corrected chi connectivity index (χ3v) is 4.07. The highest BCUT2D eigenvalue weighted by molar-refractivity contribution is 9.10. The van der Waals surface area contributed by atoms with Crippen LogP contribution in [0.3, 0.4) is 0 Å². The molecule has 6 nitrogen and oxygen atoms in total. The first-order valence-electron chi connectivity index (χ1n) is 6.96. The number of aromatic amines is 1. The van der Waals surface area contributed by atoms with Crippen LogP contribution < -0.4 is 10.5 Å². The Labute approximate surface area is 141 Å². The lowest BCUT2D eigenvalue weighted by Crippen LogP contribution is -2.11. The summed E-state index contributed by atoms with van der Waals surface area (Å²) in [4.78, 5) is 26.6. The van der Waals surface area contributed by atoms with Crippen molar-refractivity contribution in [3.8, 4) is 5.75 Å². The standard InChI is InChI=1S/C16H17BrN2O4/c1-8-13(9(2)19-14(8)16(21)22)15(20)10-3-4-12(11(17)7-10)23-6-5-18/h3-4,7,19H,5-6,18H2,1-2H3,(H,21,22). The molecule has 0 aliphatic carbocycles. The number of ether oxygens (including phenoxy) is 1. The molecule has 0 aliphatic rings. The van der Waals surface area contributed by atoms with Crippen molar-refractivity contribution in [3.63, 3.8) is 0 Å². The van der Waals surface area contributed by atoms with Gasteiger partial charge in [0.2, 0.25) is 0 Å². The number of aromatic nitrogens is 1. The van der Waals surface area contributed by atoms with Crippen LogP contribution in [-0.2, 0) is 0 Å². The first-order valence-corrected chi connectivity index (χ1v) is 7.75. The number of hydrogen-bond acceptors (Lipinski definition) is 4. The van der Waals surface area contributed by atoms with Crippen LogP contribution >= 0.6 is 15.9 Å². The van der Waals surface area contributed by atoms with Gasteiger partial charge in [-0.05, 0) is 53.5 Å². The number of carbonyl (C=O) groups excluding carboxylic acids is 1. The minimum absolute atomic E-state index is 0.0350. The van der Waals surface area contributed by atoms with Crippen molar-refractivity contribution >= 4 is 27.7 Å². The molecule has 0 unspecified atom stereocenters. The minimum atomic E-state index is -1.09. The highest BCUT2D eigenvalue weighted by Crippen LogP contribution is 2.28. The molecule has 0 bridgehead atoms. The predicted octanol–water partition coefficient (Wildman–Crippen LogP) is 2.66. The Morgan fingerprint density at radius 1 is 1.35 bits per heavy atom. The van der Waals surface area contributed by atoms with Crippen molar-refractivity contribution in [1.82, 2.24) is 4.98 Å². The Hall–Kier alpha value is -2.12. The molecule has 1 heterocycles. The quantitative estimate of drug-likeness (QED) is 0.668. The van der Waals surface area contributed by atoms with Crippen LogP contribution in [0.2, 0.25) is 0 Å². The summed E-state index contributed by atoms with van der Waals surface area (Å²) < 4.78 is 6.08. The van der Waals surface area contributed by atoms with E-state index in [9.17, 15) is 9.59 Å². The number of H-pyrrole nitrogens is 1. The first kappa shape index (κ1) is 17.2. The summed E-state index contributed by atoms with van der Waals surface area (Å²) in [7, 11) is 0. The van der Waals surface area contributed by atoms with Gasteiger partial charge >= 0.3 is 5.97 Å². The summed E-state index contributed by atoms with van der Waals surface area (Å²) in [5.74, 6) is -0.730. The summed E-state index contributed by atoms with van der Waals surface area (Å²) in [6.07, 6.45) is 0. The van der Waals surface area contributed by atoms with Crippen molar-refractivity contribution in [2.75, 3.05) is 13.2 Å². The molecular formula is C16H17BrN2O4. The number of halogens is 1. The Morgan fingerprint density at radius 2 is 2.04 bits per heavy atom. The minimum Gasteiger partial charge on any atom is -0.491 e. The summed E-state index contributed by atoms with van der Waals surface area (Å²) in [5.41, 5.74) is 7.22. The SMILES string of the molecule is Cc1[nH]c(C(=O)O)c(C)c1C(=O)c1ccc(OCCN)c(Br)c1. The number of rotatable bonds is 6. The van der Waals surface area contributed by atoms with E-state index in [4.69, 9.17) is 15.6 Å². The highest BCUT2D eigenvalue weighted by atomic mass is 79.9. The second-order valence-electron chi connectivity index (χ2n) is 5.04. The van der Waals surface area contributed by atoms with E-state index in [1.807, 2.05) is 0 Å². The maximum Gasteiger partial charge on any atom is 0.352 e. The van der Waals surface area contributed by atoms with Gasteiger partial charge < -0.3 is 20.6 Å². The zero-order valence-electron chi connectivity index (χ0n) is 12.8. The van der Waals surface area contributed by atoms with Gasteiger partial charge in [0.25, 0.3) is 0 Å². The maximum atomic E-state index is 12.7. The fraction of sp³-hybridized carbons (Fsp3) is 0.250. The fourth-order valence-electron chi connectivity index (χ4n) is 2.38. The molecule has 1 aromatic heterocycles. The molecule has 0 saturated heterocycles. The van der Waals surface area contributed by atoms with Gasteiger partial charge in [-0.3, -0.25) is 4.79 Å². The molecule has 0 spiro atoms. The number of nitrogens with one attached hydrogen (secondary N) is 1. The maximum absolute atomic E-state index is 12.7. The first-order chi connectivity index (χ1) is 10.9. The normalized spacial score (nSPS) is 10.6. The lowest BCUT2D eigenvalue weighted by Gasteiger charge is -2.09. The van der Waals surface area contributed by atoms with Gasteiger partial charge in [-0.15, -0.1) is 0 Å². The largest absolute Gasteiger partial charge is 0.491 e. The van der Waals surface area contributed by atoms with Crippen LogP contribution in [0, 0.1) is 13.8 Å². The zero-order valence-corrected chi connectivity index (χ0v) is 14.4. The van der Waals surface area contributed by atoms with Crippen molar-refractivity contribution in [1.29, 1.82) is 0 Å². The number of carboxylic acid groups (broad SMARTS) is 1. The number of carbonyl (C=O) groups is 2. The second kappa shape index (κ2) is 6.97. The van der Waals surface area contributed by atoms with Crippen molar-refractivity contribution in [2.24, 2.45) is 5.73 Å². The van der Waals surface area contributed by atoms with Crippen LogP contribution in [0.25, 0.3) is 0 Å². The molecule has 23 heavy (non-hydrogen) atoms. The van der Waals surface area contributed by atoms with E-state index in [0.29, 0.717) is 45.8 Å². The van der Waals surface area contributed by atoms with Crippen LogP contribution in [0.1, 0.15) is 37.7 Å². The van der Waals surface area contributed by atoms with E-state index < -0.39 is 5.97 Å².